The predicted molar refractivity (Wildman–Crippen MR) is 94.8 cm³/mol. The summed E-state index contributed by atoms with van der Waals surface area (Å²) in [5, 5.41) is 4.96. The summed E-state index contributed by atoms with van der Waals surface area (Å²) in [7, 11) is 0. The van der Waals surface area contributed by atoms with Crippen LogP contribution in [0.25, 0.3) is 38.9 Å². The molecule has 3 aromatic carbocycles. The average Bonchev–Trinajstić information content (AvgIpc) is 2.59. The van der Waals surface area contributed by atoms with Crippen LogP contribution in [0, 0.1) is 0 Å². The number of rotatable bonds is 2. The molecule has 22 heavy (non-hydrogen) atoms. The SMILES string of the molecule is C=Cc1c(-c2ccccn2)ccc2cc3ccccc3cc12. The van der Waals surface area contributed by atoms with Crippen LogP contribution in [0.3, 0.4) is 0 Å². The van der Waals surface area contributed by atoms with Gasteiger partial charge in [-0.2, -0.15) is 0 Å². The molecule has 0 fully saturated rings. The lowest BCUT2D eigenvalue weighted by atomic mass is 9.94. The maximum Gasteiger partial charge on any atom is 0.0708 e. The molecule has 0 atom stereocenters. The van der Waals surface area contributed by atoms with Gasteiger partial charge in [0.1, 0.15) is 0 Å². The maximum absolute atomic E-state index is 4.48. The van der Waals surface area contributed by atoms with E-state index in [0.29, 0.717) is 0 Å². The van der Waals surface area contributed by atoms with Crippen molar-refractivity contribution in [2.24, 2.45) is 0 Å². The summed E-state index contributed by atoms with van der Waals surface area (Å²) in [5.41, 5.74) is 3.24. The van der Waals surface area contributed by atoms with Gasteiger partial charge in [0.15, 0.2) is 0 Å². The Hall–Kier alpha value is -2.93. The summed E-state index contributed by atoms with van der Waals surface area (Å²) in [6, 6.07) is 23.2. The Morgan fingerprint density at radius 1 is 0.773 bits per heavy atom. The number of pyridine rings is 1. The van der Waals surface area contributed by atoms with E-state index in [-0.39, 0.29) is 0 Å². The van der Waals surface area contributed by atoms with Crippen LogP contribution in [0.15, 0.2) is 79.5 Å². The van der Waals surface area contributed by atoms with Crippen LogP contribution in [-0.2, 0) is 0 Å². The summed E-state index contributed by atoms with van der Waals surface area (Å²) >= 11 is 0. The molecule has 1 aromatic heterocycles. The van der Waals surface area contributed by atoms with Gasteiger partial charge in [0.2, 0.25) is 0 Å². The molecular weight excluding hydrogens is 266 g/mol. The zero-order chi connectivity index (χ0) is 14.9. The van der Waals surface area contributed by atoms with Crippen molar-refractivity contribution in [2.75, 3.05) is 0 Å². The third kappa shape index (κ3) is 1.99. The van der Waals surface area contributed by atoms with Gasteiger partial charge in [-0.3, -0.25) is 4.98 Å². The highest BCUT2D eigenvalue weighted by Crippen LogP contribution is 2.32. The molecule has 0 N–H and O–H groups in total. The van der Waals surface area contributed by atoms with Crippen LogP contribution in [0.1, 0.15) is 5.56 Å². The fourth-order valence-electron chi connectivity index (χ4n) is 3.00. The predicted octanol–water partition coefficient (Wildman–Crippen LogP) is 5.70. The maximum atomic E-state index is 4.48. The van der Waals surface area contributed by atoms with Crippen LogP contribution < -0.4 is 0 Å². The Labute approximate surface area is 129 Å². The number of aromatic nitrogens is 1. The highest BCUT2D eigenvalue weighted by molar-refractivity contribution is 6.04. The zero-order valence-corrected chi connectivity index (χ0v) is 12.2. The molecule has 1 heteroatoms. The normalized spacial score (nSPS) is 10.9. The lowest BCUT2D eigenvalue weighted by Gasteiger charge is -2.11. The van der Waals surface area contributed by atoms with Crippen molar-refractivity contribution in [3.63, 3.8) is 0 Å². The first kappa shape index (κ1) is 12.8. The van der Waals surface area contributed by atoms with Crippen molar-refractivity contribution in [1.82, 2.24) is 4.98 Å². The molecule has 0 saturated heterocycles. The molecule has 0 aliphatic heterocycles. The smallest absolute Gasteiger partial charge is 0.0708 e. The second kappa shape index (κ2) is 5.12. The average molecular weight is 281 g/mol. The van der Waals surface area contributed by atoms with Gasteiger partial charge in [0.05, 0.1) is 5.69 Å². The first-order valence-electron chi connectivity index (χ1n) is 7.36. The molecule has 0 saturated carbocycles. The molecule has 1 nitrogen and oxygen atoms in total. The number of hydrogen-bond acceptors (Lipinski definition) is 1. The largest absolute Gasteiger partial charge is 0.256 e. The molecule has 0 aliphatic carbocycles. The van der Waals surface area contributed by atoms with Gasteiger partial charge in [0, 0.05) is 11.8 Å². The van der Waals surface area contributed by atoms with Gasteiger partial charge in [-0.25, -0.2) is 0 Å². The Balaban J connectivity index is 2.08. The Morgan fingerprint density at radius 2 is 1.55 bits per heavy atom. The van der Waals surface area contributed by atoms with E-state index in [4.69, 9.17) is 0 Å². The first-order valence-corrected chi connectivity index (χ1v) is 7.36. The van der Waals surface area contributed by atoms with Gasteiger partial charge < -0.3 is 0 Å². The van der Waals surface area contributed by atoms with Crippen molar-refractivity contribution in [1.29, 1.82) is 0 Å². The van der Waals surface area contributed by atoms with Crippen LogP contribution in [0.5, 0.6) is 0 Å². The molecule has 104 valence electrons. The number of hydrogen-bond donors (Lipinski definition) is 0. The second-order valence-electron chi connectivity index (χ2n) is 5.37. The minimum atomic E-state index is 0.979. The lowest BCUT2D eigenvalue weighted by molar-refractivity contribution is 1.33. The molecule has 0 bridgehead atoms. The molecule has 0 aliphatic rings. The highest BCUT2D eigenvalue weighted by atomic mass is 14.7. The second-order valence-corrected chi connectivity index (χ2v) is 5.37. The van der Waals surface area contributed by atoms with Crippen molar-refractivity contribution in [2.45, 2.75) is 0 Å². The Morgan fingerprint density at radius 3 is 2.27 bits per heavy atom. The summed E-state index contributed by atoms with van der Waals surface area (Å²) in [6.45, 7) is 4.02. The van der Waals surface area contributed by atoms with Crippen molar-refractivity contribution < 1.29 is 0 Å². The fourth-order valence-corrected chi connectivity index (χ4v) is 3.00. The van der Waals surface area contributed by atoms with E-state index >= 15 is 0 Å². The van der Waals surface area contributed by atoms with Crippen molar-refractivity contribution in [3.8, 4) is 11.3 Å². The van der Waals surface area contributed by atoms with E-state index in [0.717, 1.165) is 16.8 Å². The Bertz CT molecular complexity index is 984. The van der Waals surface area contributed by atoms with Crippen LogP contribution in [0.2, 0.25) is 0 Å². The quantitative estimate of drug-likeness (QED) is 0.430. The van der Waals surface area contributed by atoms with Crippen molar-refractivity contribution in [3.05, 3.63) is 85.1 Å². The molecule has 0 amide bonds. The van der Waals surface area contributed by atoms with Gasteiger partial charge in [-0.05, 0) is 51.4 Å². The van der Waals surface area contributed by atoms with Crippen LogP contribution in [0.4, 0.5) is 0 Å². The molecule has 4 rings (SSSR count). The zero-order valence-electron chi connectivity index (χ0n) is 12.2. The topological polar surface area (TPSA) is 12.9 Å². The Kier molecular flexibility index (Phi) is 2.97. The minimum absolute atomic E-state index is 0.979. The molecule has 0 spiro atoms. The van der Waals surface area contributed by atoms with Crippen LogP contribution in [-0.4, -0.2) is 4.98 Å². The van der Waals surface area contributed by atoms with E-state index in [1.165, 1.54) is 21.5 Å². The number of benzene rings is 3. The lowest BCUT2D eigenvalue weighted by Crippen LogP contribution is -1.88. The van der Waals surface area contributed by atoms with Crippen LogP contribution >= 0.6 is 0 Å². The summed E-state index contributed by atoms with van der Waals surface area (Å²) in [4.78, 5) is 4.48. The van der Waals surface area contributed by atoms with Gasteiger partial charge in [-0.1, -0.05) is 55.1 Å². The number of fused-ring (bicyclic) bond motifs is 2. The van der Waals surface area contributed by atoms with Gasteiger partial charge in [-0.15, -0.1) is 0 Å². The fraction of sp³-hybridized carbons (Fsp3) is 0. The molecule has 0 radical (unpaired) electrons. The van der Waals surface area contributed by atoms with E-state index in [1.54, 1.807) is 0 Å². The number of nitrogens with zero attached hydrogens (tertiary/aromatic N) is 1. The monoisotopic (exact) mass is 281 g/mol. The van der Waals surface area contributed by atoms with E-state index in [9.17, 15) is 0 Å². The molecule has 4 aromatic rings. The van der Waals surface area contributed by atoms with Gasteiger partial charge in [0.25, 0.3) is 0 Å². The first-order chi connectivity index (χ1) is 10.9. The molecule has 1 heterocycles. The standard InChI is InChI=1S/C21H15N/c1-2-18-19(21-9-5-6-12-22-21)11-10-17-13-15-7-3-4-8-16(15)14-20(17)18/h2-14H,1H2. The third-order valence-corrected chi connectivity index (χ3v) is 4.07. The van der Waals surface area contributed by atoms with E-state index in [1.807, 2.05) is 30.5 Å². The minimum Gasteiger partial charge on any atom is -0.256 e. The van der Waals surface area contributed by atoms with Gasteiger partial charge >= 0.3 is 0 Å². The summed E-state index contributed by atoms with van der Waals surface area (Å²) in [6.07, 6.45) is 3.76. The third-order valence-electron chi connectivity index (χ3n) is 4.07. The molecule has 0 unspecified atom stereocenters. The van der Waals surface area contributed by atoms with E-state index < -0.39 is 0 Å². The summed E-state index contributed by atoms with van der Waals surface area (Å²) < 4.78 is 0. The van der Waals surface area contributed by atoms with Crippen molar-refractivity contribution >= 4 is 27.6 Å². The summed E-state index contributed by atoms with van der Waals surface area (Å²) in [5.74, 6) is 0. The highest BCUT2D eigenvalue weighted by Gasteiger charge is 2.08. The molecular formula is C21H15N. The van der Waals surface area contributed by atoms with E-state index in [2.05, 4.69) is 60.1 Å².